The zero-order valence-electron chi connectivity index (χ0n) is 24.9. The molecule has 0 bridgehead atoms. The number of phenolic OH excluding ortho intramolecular Hbond substituents is 1. The van der Waals surface area contributed by atoms with Crippen LogP contribution in [0.4, 0.5) is 28.9 Å². The van der Waals surface area contributed by atoms with Gasteiger partial charge in [0.05, 0.1) is 24.4 Å². The Morgan fingerprint density at radius 1 is 1.13 bits per heavy atom. The van der Waals surface area contributed by atoms with Crippen LogP contribution < -0.4 is 19.7 Å². The molecule has 12 heteroatoms. The molecule has 4 aromatic rings. The van der Waals surface area contributed by atoms with Gasteiger partial charge in [-0.1, -0.05) is 38.1 Å². The second kappa shape index (κ2) is 12.2. The molecule has 1 aromatic heterocycles. The monoisotopic (exact) mass is 654 g/mol. The van der Waals surface area contributed by atoms with Crippen molar-refractivity contribution >= 4 is 28.6 Å². The van der Waals surface area contributed by atoms with Crippen molar-refractivity contribution in [2.24, 2.45) is 5.41 Å². The van der Waals surface area contributed by atoms with Gasteiger partial charge in [0.2, 0.25) is 5.91 Å². The fraction of sp³-hybridized carbons (Fsp3) is 0.265. The number of alkyl halides is 3. The van der Waals surface area contributed by atoms with Gasteiger partial charge in [0.25, 0.3) is 0 Å². The van der Waals surface area contributed by atoms with E-state index in [9.17, 15) is 23.1 Å². The Bertz CT molecular complexity index is 1790. The Labute approximate surface area is 266 Å². The predicted molar refractivity (Wildman–Crippen MR) is 165 cm³/mol. The molecule has 0 saturated heterocycles. The Hall–Kier alpha value is -4.71. The fourth-order valence-electron chi connectivity index (χ4n) is 5.63. The number of nitrogens with zero attached hydrogens (tertiary/aromatic N) is 1. The molecule has 0 aliphatic carbocycles. The number of hydrogen-bond acceptors (Lipinski definition) is 7. The second-order valence-corrected chi connectivity index (χ2v) is 12.7. The van der Waals surface area contributed by atoms with Gasteiger partial charge >= 0.3 is 6.36 Å². The summed E-state index contributed by atoms with van der Waals surface area (Å²) in [5, 5.41) is 18.0. The zero-order chi connectivity index (χ0) is 32.6. The van der Waals surface area contributed by atoms with Gasteiger partial charge in [-0.2, -0.15) is 11.3 Å². The minimum Gasteiger partial charge on any atom is -0.506 e. The highest BCUT2D eigenvalue weighted by atomic mass is 32.1. The quantitative estimate of drug-likeness (QED) is 0.154. The van der Waals surface area contributed by atoms with E-state index in [1.165, 1.54) is 58.7 Å². The van der Waals surface area contributed by atoms with Crippen molar-refractivity contribution in [1.29, 1.82) is 0 Å². The number of allylic oxidation sites excluding steroid dienone is 1. The van der Waals surface area contributed by atoms with E-state index < -0.39 is 36.3 Å². The summed E-state index contributed by atoms with van der Waals surface area (Å²) in [6.45, 7) is 4.47. The molecule has 2 aliphatic rings. The number of nitrogens with one attached hydrogen (secondary N) is 1. The number of phenols is 1. The zero-order valence-corrected chi connectivity index (χ0v) is 25.7. The second-order valence-electron chi connectivity index (χ2n) is 11.9. The minimum absolute atomic E-state index is 0.0277. The van der Waals surface area contributed by atoms with Crippen LogP contribution >= 0.6 is 11.3 Å². The number of para-hydroxylation sites is 2. The third-order valence-corrected chi connectivity index (χ3v) is 8.43. The van der Waals surface area contributed by atoms with Crippen molar-refractivity contribution in [3.8, 4) is 17.2 Å². The minimum atomic E-state index is -4.98. The van der Waals surface area contributed by atoms with E-state index in [0.29, 0.717) is 12.1 Å². The largest absolute Gasteiger partial charge is 0.573 e. The van der Waals surface area contributed by atoms with E-state index >= 15 is 4.39 Å². The molecule has 46 heavy (non-hydrogen) atoms. The normalized spacial score (nSPS) is 17.3. The first-order chi connectivity index (χ1) is 21.9. The maximum absolute atomic E-state index is 16.2. The lowest BCUT2D eigenvalue weighted by Gasteiger charge is -2.38. The van der Waals surface area contributed by atoms with E-state index in [1.54, 1.807) is 12.1 Å². The molecule has 1 unspecified atom stereocenters. The summed E-state index contributed by atoms with van der Waals surface area (Å²) in [4.78, 5) is 15.6. The first-order valence-corrected chi connectivity index (χ1v) is 15.4. The van der Waals surface area contributed by atoms with Crippen molar-refractivity contribution in [2.45, 2.75) is 45.7 Å². The molecular weight excluding hydrogens is 624 g/mol. The first-order valence-electron chi connectivity index (χ1n) is 14.4. The number of fused-ring (bicyclic) bond motifs is 1. The molecule has 0 saturated carbocycles. The number of halogens is 4. The van der Waals surface area contributed by atoms with Crippen molar-refractivity contribution < 1.29 is 41.7 Å². The maximum atomic E-state index is 16.2. The van der Waals surface area contributed by atoms with E-state index in [-0.39, 0.29) is 58.4 Å². The lowest BCUT2D eigenvalue weighted by Crippen LogP contribution is -2.39. The number of carbonyl (C=O) groups is 1. The van der Waals surface area contributed by atoms with Crippen LogP contribution in [-0.4, -0.2) is 24.0 Å². The molecule has 2 N–H and O–H groups in total. The summed E-state index contributed by atoms with van der Waals surface area (Å²) in [5.74, 6) is -1.55. The van der Waals surface area contributed by atoms with Gasteiger partial charge in [-0.3, -0.25) is 9.69 Å². The van der Waals surface area contributed by atoms with Gasteiger partial charge in [0.1, 0.15) is 47.2 Å². The summed E-state index contributed by atoms with van der Waals surface area (Å²) in [7, 11) is 0. The number of aromatic hydroxyl groups is 1. The Morgan fingerprint density at radius 3 is 2.67 bits per heavy atom. The van der Waals surface area contributed by atoms with Crippen molar-refractivity contribution in [2.75, 3.05) is 16.8 Å². The van der Waals surface area contributed by atoms with Gasteiger partial charge in [0, 0.05) is 22.6 Å². The van der Waals surface area contributed by atoms with Crippen LogP contribution in [0.3, 0.4) is 0 Å². The van der Waals surface area contributed by atoms with Gasteiger partial charge in [-0.05, 0) is 59.1 Å². The van der Waals surface area contributed by atoms with Gasteiger partial charge in [0.15, 0.2) is 0 Å². The average molecular weight is 655 g/mol. The molecular formula is C34H30F4N2O5S. The maximum Gasteiger partial charge on any atom is 0.573 e. The number of anilines is 2. The highest BCUT2D eigenvalue weighted by molar-refractivity contribution is 7.07. The highest BCUT2D eigenvalue weighted by Gasteiger charge is 2.43. The molecule has 6 rings (SSSR count). The van der Waals surface area contributed by atoms with Crippen LogP contribution in [0.1, 0.15) is 43.0 Å². The van der Waals surface area contributed by atoms with Crippen molar-refractivity contribution in [3.05, 3.63) is 111 Å². The molecule has 1 amide bonds. The Morgan fingerprint density at radius 2 is 1.93 bits per heavy atom. The van der Waals surface area contributed by atoms with Gasteiger partial charge < -0.3 is 24.6 Å². The lowest BCUT2D eigenvalue weighted by atomic mass is 9.85. The summed E-state index contributed by atoms with van der Waals surface area (Å²) < 4.78 is 72.2. The number of hydrogen-bond donors (Lipinski definition) is 2. The topological polar surface area (TPSA) is 80.3 Å². The third-order valence-electron chi connectivity index (χ3n) is 7.69. The first kappa shape index (κ1) is 31.3. The molecule has 0 spiro atoms. The van der Waals surface area contributed by atoms with Crippen LogP contribution in [0.25, 0.3) is 0 Å². The van der Waals surface area contributed by atoms with Crippen LogP contribution in [0, 0.1) is 11.2 Å². The number of carbonyl (C=O) groups excluding carboxylic acids is 1. The summed E-state index contributed by atoms with van der Waals surface area (Å²) in [6.07, 6.45) is -5.07. The molecule has 1 atom stereocenters. The fourth-order valence-corrected chi connectivity index (χ4v) is 6.29. The average Bonchev–Trinajstić information content (AvgIpc) is 3.46. The van der Waals surface area contributed by atoms with E-state index in [0.717, 1.165) is 11.6 Å². The number of ether oxygens (including phenoxy) is 3. The van der Waals surface area contributed by atoms with Crippen LogP contribution in [0.15, 0.2) is 88.9 Å². The van der Waals surface area contributed by atoms with E-state index in [1.807, 2.05) is 30.7 Å². The standard InChI is InChI=1S/C34H30F4N2O5S/c1-33(2)16-25-32(44-19-33)31(23-11-10-22(15-24(23)35)43-17-20-12-13-46-18-20)40(26-7-5-8-27(41)30(26)39-25)29(42)14-21-6-3-4-9-28(21)45-34(36,37)38/h3-13,15,18,31,39,41H,14,16-17,19H2,1-2H3. The number of amides is 1. The van der Waals surface area contributed by atoms with Crippen LogP contribution in [0.2, 0.25) is 0 Å². The van der Waals surface area contributed by atoms with Gasteiger partial charge in [-0.25, -0.2) is 4.39 Å². The van der Waals surface area contributed by atoms with Crippen molar-refractivity contribution in [1.82, 2.24) is 0 Å². The lowest BCUT2D eigenvalue weighted by molar-refractivity contribution is -0.274. The molecule has 2 aliphatic heterocycles. The SMILES string of the molecule is CC1(C)COC2=C(C1)Nc1c(O)cccc1N(C(=O)Cc1ccccc1OC(F)(F)F)C2c1ccc(OCc2ccsc2)cc1F. The molecule has 0 radical (unpaired) electrons. The predicted octanol–water partition coefficient (Wildman–Crippen LogP) is 8.47. The van der Waals surface area contributed by atoms with E-state index in [2.05, 4.69) is 10.1 Å². The highest BCUT2D eigenvalue weighted by Crippen LogP contribution is 2.50. The summed E-state index contributed by atoms with van der Waals surface area (Å²) in [5.41, 5.74) is 1.55. The third kappa shape index (κ3) is 6.62. The molecule has 3 heterocycles. The summed E-state index contributed by atoms with van der Waals surface area (Å²) >= 11 is 1.52. The molecule has 0 fully saturated rings. The Kier molecular flexibility index (Phi) is 8.32. The summed E-state index contributed by atoms with van der Waals surface area (Å²) in [6, 6.07) is 14.9. The van der Waals surface area contributed by atoms with Crippen molar-refractivity contribution in [3.63, 3.8) is 0 Å². The smallest absolute Gasteiger partial charge is 0.506 e. The molecule has 7 nitrogen and oxygen atoms in total. The number of rotatable bonds is 7. The van der Waals surface area contributed by atoms with Gasteiger partial charge in [-0.15, -0.1) is 13.2 Å². The van der Waals surface area contributed by atoms with Crippen LogP contribution in [0.5, 0.6) is 17.2 Å². The number of thiophene rings is 1. The number of benzene rings is 3. The van der Waals surface area contributed by atoms with E-state index in [4.69, 9.17) is 9.47 Å². The molecule has 240 valence electrons. The molecule has 3 aromatic carbocycles. The Balaban J connectivity index is 1.47. The van der Waals surface area contributed by atoms with Crippen LogP contribution in [-0.2, 0) is 22.6 Å².